The normalized spacial score (nSPS) is 33.0. The van der Waals surface area contributed by atoms with E-state index in [0.717, 1.165) is 6.54 Å². The second kappa shape index (κ2) is 4.42. The summed E-state index contributed by atoms with van der Waals surface area (Å²) in [6.45, 7) is 7.56. The van der Waals surface area contributed by atoms with Crippen molar-refractivity contribution in [2.45, 2.75) is 6.42 Å². The number of hydrogen-bond acceptors (Lipinski definition) is 3. The van der Waals surface area contributed by atoms with E-state index in [1.54, 1.807) is 6.08 Å². The Morgan fingerprint density at radius 1 is 1.64 bits per heavy atom. The molecule has 2 rings (SSSR count). The zero-order valence-corrected chi connectivity index (χ0v) is 8.35. The van der Waals surface area contributed by atoms with Gasteiger partial charge < -0.3 is 4.84 Å². The van der Waals surface area contributed by atoms with E-state index in [0.29, 0.717) is 12.5 Å². The van der Waals surface area contributed by atoms with E-state index in [9.17, 15) is 0 Å². The van der Waals surface area contributed by atoms with Gasteiger partial charge >= 0.3 is 0 Å². The fraction of sp³-hybridized carbons (Fsp3) is 0.545. The van der Waals surface area contributed by atoms with Crippen LogP contribution in [0.2, 0.25) is 0 Å². The summed E-state index contributed by atoms with van der Waals surface area (Å²) in [5.41, 5.74) is 1.23. The van der Waals surface area contributed by atoms with Crippen LogP contribution in [0.5, 0.6) is 0 Å². The second-order valence-electron chi connectivity index (χ2n) is 3.76. The maximum atomic E-state index is 5.20. The Balaban J connectivity index is 1.76. The second-order valence-corrected chi connectivity index (χ2v) is 3.76. The number of rotatable bonds is 4. The summed E-state index contributed by atoms with van der Waals surface area (Å²) < 4.78 is 0. The number of hydrogen-bond donors (Lipinski definition) is 0. The molecule has 0 aliphatic carbocycles. The van der Waals surface area contributed by atoms with Gasteiger partial charge in [0.2, 0.25) is 0 Å². The van der Waals surface area contributed by atoms with Gasteiger partial charge in [0.05, 0.1) is 5.71 Å². The minimum atomic E-state index is 0.544. The first-order chi connectivity index (χ1) is 6.90. The summed E-state index contributed by atoms with van der Waals surface area (Å²) >= 11 is 0. The zero-order valence-electron chi connectivity index (χ0n) is 8.35. The van der Waals surface area contributed by atoms with Crippen molar-refractivity contribution in [1.82, 2.24) is 4.90 Å². The van der Waals surface area contributed by atoms with E-state index >= 15 is 0 Å². The highest BCUT2D eigenvalue weighted by molar-refractivity contribution is 5.91. The molecule has 2 atom stereocenters. The molecule has 2 saturated heterocycles. The summed E-state index contributed by atoms with van der Waals surface area (Å²) in [6, 6.07) is 0. The molecular formula is C11H16N2O. The summed E-state index contributed by atoms with van der Waals surface area (Å²) in [7, 11) is 0. The first-order valence-corrected chi connectivity index (χ1v) is 5.09. The standard InChI is InChI=1S/C11H16N2O/c1-2-3-4-7-14-12-11-9-13-6-5-10(11)8-13/h2-4,10H,1,5-9H2. The van der Waals surface area contributed by atoms with E-state index < -0.39 is 0 Å². The molecule has 2 heterocycles. The van der Waals surface area contributed by atoms with Crippen LogP contribution in [-0.2, 0) is 4.84 Å². The summed E-state index contributed by atoms with van der Waals surface area (Å²) in [5.74, 6) is 0.665. The fourth-order valence-electron chi connectivity index (χ4n) is 2.02. The lowest BCUT2D eigenvalue weighted by atomic mass is 10.0. The number of fused-ring (bicyclic) bond motifs is 2. The number of oxime groups is 1. The third kappa shape index (κ3) is 2.04. The molecule has 2 bridgehead atoms. The lowest BCUT2D eigenvalue weighted by Gasteiger charge is -2.12. The molecule has 3 heteroatoms. The summed E-state index contributed by atoms with van der Waals surface area (Å²) in [6.07, 6.45) is 6.76. The Morgan fingerprint density at radius 2 is 2.57 bits per heavy atom. The molecule has 0 aromatic rings. The Hall–Kier alpha value is -1.09. The van der Waals surface area contributed by atoms with E-state index in [1.807, 2.05) is 12.2 Å². The molecule has 0 amide bonds. The lowest BCUT2D eigenvalue weighted by Crippen LogP contribution is -2.23. The molecule has 3 nitrogen and oxygen atoms in total. The first kappa shape index (κ1) is 9.46. The van der Waals surface area contributed by atoms with E-state index in [4.69, 9.17) is 4.84 Å². The van der Waals surface area contributed by atoms with Crippen LogP contribution in [0.3, 0.4) is 0 Å². The van der Waals surface area contributed by atoms with Crippen LogP contribution in [0.25, 0.3) is 0 Å². The van der Waals surface area contributed by atoms with Crippen molar-refractivity contribution in [2.75, 3.05) is 26.2 Å². The third-order valence-corrected chi connectivity index (χ3v) is 2.75. The Bertz CT molecular complexity index is 270. The van der Waals surface area contributed by atoms with Crippen molar-refractivity contribution in [3.63, 3.8) is 0 Å². The van der Waals surface area contributed by atoms with Crippen molar-refractivity contribution in [2.24, 2.45) is 11.1 Å². The van der Waals surface area contributed by atoms with Crippen LogP contribution in [0.1, 0.15) is 6.42 Å². The van der Waals surface area contributed by atoms with Gasteiger partial charge in [0.25, 0.3) is 0 Å². The van der Waals surface area contributed by atoms with Crippen molar-refractivity contribution >= 4 is 5.71 Å². The van der Waals surface area contributed by atoms with E-state index in [-0.39, 0.29) is 0 Å². The molecule has 0 radical (unpaired) electrons. The lowest BCUT2D eigenvalue weighted by molar-refractivity contribution is 0.172. The Labute approximate surface area is 84.7 Å². The van der Waals surface area contributed by atoms with Gasteiger partial charge in [-0.1, -0.05) is 23.9 Å². The van der Waals surface area contributed by atoms with Gasteiger partial charge in [0.15, 0.2) is 0 Å². The molecule has 2 aliphatic rings. The topological polar surface area (TPSA) is 24.8 Å². The molecule has 0 aromatic heterocycles. The molecular weight excluding hydrogens is 176 g/mol. The van der Waals surface area contributed by atoms with Crippen molar-refractivity contribution in [1.29, 1.82) is 0 Å². The van der Waals surface area contributed by atoms with Crippen LogP contribution < -0.4 is 0 Å². The van der Waals surface area contributed by atoms with Gasteiger partial charge in [-0.3, -0.25) is 4.90 Å². The largest absolute Gasteiger partial charge is 0.392 e. The minimum absolute atomic E-state index is 0.544. The smallest absolute Gasteiger partial charge is 0.135 e. The zero-order chi connectivity index (χ0) is 9.80. The maximum Gasteiger partial charge on any atom is 0.135 e. The van der Waals surface area contributed by atoms with Crippen molar-refractivity contribution < 1.29 is 4.84 Å². The predicted molar refractivity (Wildman–Crippen MR) is 57.3 cm³/mol. The van der Waals surface area contributed by atoms with Crippen LogP contribution in [0.15, 0.2) is 30.0 Å². The molecule has 0 spiro atoms. The third-order valence-electron chi connectivity index (χ3n) is 2.75. The van der Waals surface area contributed by atoms with Crippen LogP contribution in [0, 0.1) is 5.92 Å². The highest BCUT2D eigenvalue weighted by Gasteiger charge is 2.35. The molecule has 2 aliphatic heterocycles. The highest BCUT2D eigenvalue weighted by atomic mass is 16.6. The van der Waals surface area contributed by atoms with E-state index in [2.05, 4.69) is 16.6 Å². The van der Waals surface area contributed by atoms with Crippen LogP contribution in [0.4, 0.5) is 0 Å². The van der Waals surface area contributed by atoms with Crippen molar-refractivity contribution in [3.05, 3.63) is 24.8 Å². The van der Waals surface area contributed by atoms with Crippen LogP contribution >= 0.6 is 0 Å². The van der Waals surface area contributed by atoms with Gasteiger partial charge in [0, 0.05) is 19.0 Å². The molecule has 2 unspecified atom stereocenters. The number of piperidine rings is 1. The Morgan fingerprint density at radius 3 is 3.21 bits per heavy atom. The van der Waals surface area contributed by atoms with Gasteiger partial charge in [-0.25, -0.2) is 0 Å². The summed E-state index contributed by atoms with van der Waals surface area (Å²) in [5, 5.41) is 4.17. The minimum Gasteiger partial charge on any atom is -0.392 e. The van der Waals surface area contributed by atoms with Gasteiger partial charge in [-0.05, 0) is 19.0 Å². The number of nitrogens with zero attached hydrogens (tertiary/aromatic N) is 2. The fourth-order valence-corrected chi connectivity index (χ4v) is 2.02. The highest BCUT2D eigenvalue weighted by Crippen LogP contribution is 2.25. The first-order valence-electron chi connectivity index (χ1n) is 5.09. The van der Waals surface area contributed by atoms with Crippen molar-refractivity contribution in [3.8, 4) is 0 Å². The molecule has 2 fully saturated rings. The van der Waals surface area contributed by atoms with E-state index in [1.165, 1.54) is 25.2 Å². The summed E-state index contributed by atoms with van der Waals surface area (Å²) in [4.78, 5) is 7.62. The van der Waals surface area contributed by atoms with Gasteiger partial charge in [0.1, 0.15) is 6.61 Å². The average molecular weight is 192 g/mol. The molecule has 0 N–H and O–H groups in total. The monoisotopic (exact) mass is 192 g/mol. The molecule has 0 saturated carbocycles. The van der Waals surface area contributed by atoms with Gasteiger partial charge in [-0.2, -0.15) is 0 Å². The van der Waals surface area contributed by atoms with Gasteiger partial charge in [-0.15, -0.1) is 0 Å². The maximum absolute atomic E-state index is 5.20. The molecule has 14 heavy (non-hydrogen) atoms. The quantitative estimate of drug-likeness (QED) is 0.382. The number of allylic oxidation sites excluding steroid dienone is 2. The Kier molecular flexibility index (Phi) is 2.99. The predicted octanol–water partition coefficient (Wildman–Crippen LogP) is 1.44. The molecule has 76 valence electrons. The average Bonchev–Trinajstić information content (AvgIpc) is 2.79. The van der Waals surface area contributed by atoms with Crippen LogP contribution in [-0.4, -0.2) is 36.9 Å². The molecule has 0 aromatic carbocycles. The SMILES string of the molecule is C=CC=CCON=C1CN2CCC1C2.